The van der Waals surface area contributed by atoms with E-state index < -0.39 is 0 Å². The zero-order valence-electron chi connectivity index (χ0n) is 11.3. The van der Waals surface area contributed by atoms with E-state index in [1.54, 1.807) is 0 Å². The van der Waals surface area contributed by atoms with Crippen molar-refractivity contribution in [3.05, 3.63) is 34.3 Å². The summed E-state index contributed by atoms with van der Waals surface area (Å²) in [4.78, 5) is 2.44. The molecule has 1 fully saturated rings. The minimum Gasteiger partial charge on any atom is -0.310 e. The fourth-order valence-electron chi connectivity index (χ4n) is 2.68. The van der Waals surface area contributed by atoms with Gasteiger partial charge in [0.1, 0.15) is 0 Å². The normalized spacial score (nSPS) is 22.9. The summed E-state index contributed by atoms with van der Waals surface area (Å²) in [5.74, 6) is 0.804. The van der Waals surface area contributed by atoms with Crippen LogP contribution in [-0.4, -0.2) is 31.6 Å². The van der Waals surface area contributed by atoms with Gasteiger partial charge >= 0.3 is 0 Å². The summed E-state index contributed by atoms with van der Waals surface area (Å²) >= 11 is 3.53. The second-order valence-corrected chi connectivity index (χ2v) is 6.37. The molecule has 0 aromatic heterocycles. The molecule has 2 nitrogen and oxygen atoms in total. The lowest BCUT2D eigenvalue weighted by atomic mass is 9.98. The summed E-state index contributed by atoms with van der Waals surface area (Å²) < 4.78 is 1.16. The van der Waals surface area contributed by atoms with Gasteiger partial charge in [-0.05, 0) is 63.5 Å². The molecule has 0 radical (unpaired) electrons. The second-order valence-electron chi connectivity index (χ2n) is 5.46. The number of benzene rings is 1. The van der Waals surface area contributed by atoms with Crippen molar-refractivity contribution in [1.82, 2.24) is 10.2 Å². The lowest BCUT2D eigenvalue weighted by Gasteiger charge is -2.30. The maximum absolute atomic E-state index is 3.67. The van der Waals surface area contributed by atoms with E-state index in [9.17, 15) is 0 Å². The molecular formula is C15H23BrN2. The number of likely N-dealkylation sites (tertiary alicyclic amines) is 1. The standard InChI is InChI=1S/C15H23BrN2/c1-12(14-6-3-7-15(16)9-14)17-10-13-5-4-8-18(2)11-13/h3,6-7,9,12-13,17H,4-5,8,10-11H2,1-2H3/t12-,13?/m0/s1. The van der Waals surface area contributed by atoms with E-state index in [4.69, 9.17) is 0 Å². The van der Waals surface area contributed by atoms with Crippen LogP contribution in [0.5, 0.6) is 0 Å². The van der Waals surface area contributed by atoms with Crippen LogP contribution >= 0.6 is 15.9 Å². The monoisotopic (exact) mass is 310 g/mol. The first-order valence-electron chi connectivity index (χ1n) is 6.82. The van der Waals surface area contributed by atoms with Crippen LogP contribution in [0.15, 0.2) is 28.7 Å². The molecule has 3 heteroatoms. The van der Waals surface area contributed by atoms with E-state index in [-0.39, 0.29) is 0 Å². The smallest absolute Gasteiger partial charge is 0.0292 e. The summed E-state index contributed by atoms with van der Waals surface area (Å²) in [5.41, 5.74) is 1.36. The third-order valence-electron chi connectivity index (χ3n) is 3.78. The molecule has 2 rings (SSSR count). The Kier molecular flexibility index (Phi) is 5.22. The van der Waals surface area contributed by atoms with Crippen molar-refractivity contribution in [2.75, 3.05) is 26.7 Å². The number of hydrogen-bond acceptors (Lipinski definition) is 2. The zero-order chi connectivity index (χ0) is 13.0. The molecule has 1 aromatic rings. The van der Waals surface area contributed by atoms with Crippen molar-refractivity contribution in [3.8, 4) is 0 Å². The van der Waals surface area contributed by atoms with E-state index in [1.807, 2.05) is 0 Å². The number of halogens is 1. The van der Waals surface area contributed by atoms with Crippen molar-refractivity contribution < 1.29 is 0 Å². The van der Waals surface area contributed by atoms with Gasteiger partial charge in [0, 0.05) is 17.1 Å². The largest absolute Gasteiger partial charge is 0.310 e. The SMILES string of the molecule is C[C@H](NCC1CCCN(C)C1)c1cccc(Br)c1. The maximum atomic E-state index is 3.67. The van der Waals surface area contributed by atoms with Gasteiger partial charge in [0.2, 0.25) is 0 Å². The molecule has 1 aliphatic heterocycles. The van der Waals surface area contributed by atoms with Gasteiger partial charge in [0.25, 0.3) is 0 Å². The minimum absolute atomic E-state index is 0.426. The summed E-state index contributed by atoms with van der Waals surface area (Å²) in [5, 5.41) is 3.67. The third kappa shape index (κ3) is 4.08. The van der Waals surface area contributed by atoms with Crippen LogP contribution in [-0.2, 0) is 0 Å². The molecule has 18 heavy (non-hydrogen) atoms. The van der Waals surface area contributed by atoms with E-state index in [1.165, 1.54) is 31.5 Å². The van der Waals surface area contributed by atoms with Crippen LogP contribution in [0.3, 0.4) is 0 Å². The summed E-state index contributed by atoms with van der Waals surface area (Å²) in [6.45, 7) is 5.86. The van der Waals surface area contributed by atoms with Crippen LogP contribution in [0.25, 0.3) is 0 Å². The van der Waals surface area contributed by atoms with Crippen LogP contribution < -0.4 is 5.32 Å². The third-order valence-corrected chi connectivity index (χ3v) is 4.28. The second kappa shape index (κ2) is 6.69. The molecule has 0 saturated carbocycles. The van der Waals surface area contributed by atoms with Gasteiger partial charge in [0.15, 0.2) is 0 Å². The van der Waals surface area contributed by atoms with Crippen molar-refractivity contribution in [1.29, 1.82) is 0 Å². The summed E-state index contributed by atoms with van der Waals surface area (Å²) in [6.07, 6.45) is 2.71. The molecule has 1 unspecified atom stereocenters. The quantitative estimate of drug-likeness (QED) is 0.916. The van der Waals surface area contributed by atoms with E-state index >= 15 is 0 Å². The molecule has 0 amide bonds. The van der Waals surface area contributed by atoms with E-state index in [0.29, 0.717) is 6.04 Å². The highest BCUT2D eigenvalue weighted by molar-refractivity contribution is 9.10. The fraction of sp³-hybridized carbons (Fsp3) is 0.600. The minimum atomic E-state index is 0.426. The highest BCUT2D eigenvalue weighted by Crippen LogP contribution is 2.19. The molecule has 1 N–H and O–H groups in total. The molecule has 1 saturated heterocycles. The van der Waals surface area contributed by atoms with Gasteiger partial charge in [-0.3, -0.25) is 0 Å². The predicted molar refractivity (Wildman–Crippen MR) is 80.8 cm³/mol. The van der Waals surface area contributed by atoms with Gasteiger partial charge in [-0.1, -0.05) is 28.1 Å². The summed E-state index contributed by atoms with van der Waals surface area (Å²) in [7, 11) is 2.23. The molecular weight excluding hydrogens is 288 g/mol. The molecule has 1 heterocycles. The first-order valence-corrected chi connectivity index (χ1v) is 7.62. The van der Waals surface area contributed by atoms with Gasteiger partial charge in [-0.15, -0.1) is 0 Å². The predicted octanol–water partition coefficient (Wildman–Crippen LogP) is 3.44. The highest BCUT2D eigenvalue weighted by Gasteiger charge is 2.17. The number of piperidine rings is 1. The van der Waals surface area contributed by atoms with Crippen LogP contribution in [0.2, 0.25) is 0 Å². The zero-order valence-corrected chi connectivity index (χ0v) is 12.9. The molecule has 2 atom stereocenters. The topological polar surface area (TPSA) is 15.3 Å². The average molecular weight is 311 g/mol. The van der Waals surface area contributed by atoms with Crippen molar-refractivity contribution in [3.63, 3.8) is 0 Å². The lowest BCUT2D eigenvalue weighted by Crippen LogP contribution is -2.37. The Labute approximate surface area is 119 Å². The van der Waals surface area contributed by atoms with Crippen molar-refractivity contribution in [2.45, 2.75) is 25.8 Å². The van der Waals surface area contributed by atoms with Crippen molar-refractivity contribution >= 4 is 15.9 Å². The number of nitrogens with one attached hydrogen (secondary N) is 1. The number of rotatable bonds is 4. The Balaban J connectivity index is 1.82. The molecule has 0 spiro atoms. The number of hydrogen-bond donors (Lipinski definition) is 1. The Morgan fingerprint density at radius 2 is 2.33 bits per heavy atom. The first-order chi connectivity index (χ1) is 8.65. The highest BCUT2D eigenvalue weighted by atomic mass is 79.9. The van der Waals surface area contributed by atoms with Gasteiger partial charge < -0.3 is 10.2 Å². The Morgan fingerprint density at radius 3 is 3.06 bits per heavy atom. The molecule has 0 bridgehead atoms. The Hall–Kier alpha value is -0.380. The van der Waals surface area contributed by atoms with Gasteiger partial charge in [0.05, 0.1) is 0 Å². The van der Waals surface area contributed by atoms with Crippen molar-refractivity contribution in [2.24, 2.45) is 5.92 Å². The molecule has 100 valence electrons. The van der Waals surface area contributed by atoms with Gasteiger partial charge in [-0.2, -0.15) is 0 Å². The van der Waals surface area contributed by atoms with Gasteiger partial charge in [-0.25, -0.2) is 0 Å². The van der Waals surface area contributed by atoms with Crippen LogP contribution in [0, 0.1) is 5.92 Å². The Morgan fingerprint density at radius 1 is 1.50 bits per heavy atom. The van der Waals surface area contributed by atoms with Crippen LogP contribution in [0.1, 0.15) is 31.4 Å². The summed E-state index contributed by atoms with van der Waals surface area (Å²) in [6, 6.07) is 8.99. The van der Waals surface area contributed by atoms with E-state index in [2.05, 4.69) is 64.4 Å². The first kappa shape index (κ1) is 14.0. The maximum Gasteiger partial charge on any atom is 0.0292 e. The molecule has 0 aliphatic carbocycles. The average Bonchev–Trinajstić information content (AvgIpc) is 2.36. The molecule has 1 aliphatic rings. The van der Waals surface area contributed by atoms with E-state index in [0.717, 1.165) is 16.9 Å². The number of nitrogens with zero attached hydrogens (tertiary/aromatic N) is 1. The molecule has 1 aromatic carbocycles. The lowest BCUT2D eigenvalue weighted by molar-refractivity contribution is 0.203. The van der Waals surface area contributed by atoms with Crippen LogP contribution in [0.4, 0.5) is 0 Å². The Bertz CT molecular complexity index is 381. The fourth-order valence-corrected chi connectivity index (χ4v) is 3.09.